The number of aryl methyl sites for hydroxylation is 2. The average molecular weight is 339 g/mol. The predicted molar refractivity (Wildman–Crippen MR) is 90.6 cm³/mol. The summed E-state index contributed by atoms with van der Waals surface area (Å²) in [4.78, 5) is 24.1. The molecule has 0 saturated carbocycles. The Morgan fingerprint density at radius 2 is 2.08 bits per heavy atom. The minimum atomic E-state index is -0.376. The minimum absolute atomic E-state index is 0.190. The molecular formula is C16H17N7O2. The van der Waals surface area contributed by atoms with Crippen LogP contribution in [0.4, 0.5) is 5.69 Å². The summed E-state index contributed by atoms with van der Waals surface area (Å²) in [5.41, 5.74) is 2.30. The average Bonchev–Trinajstić information content (AvgIpc) is 3.11. The van der Waals surface area contributed by atoms with Gasteiger partial charge < -0.3 is 5.32 Å². The van der Waals surface area contributed by atoms with Gasteiger partial charge in [-0.2, -0.15) is 5.10 Å². The quantitative estimate of drug-likeness (QED) is 0.748. The number of nitrogens with zero attached hydrogens (tertiary/aromatic N) is 6. The van der Waals surface area contributed by atoms with E-state index in [4.69, 9.17) is 0 Å². The molecule has 2 heterocycles. The van der Waals surface area contributed by atoms with Crippen LogP contribution >= 0.6 is 0 Å². The van der Waals surface area contributed by atoms with Gasteiger partial charge in [0.15, 0.2) is 0 Å². The second-order valence-corrected chi connectivity index (χ2v) is 5.49. The summed E-state index contributed by atoms with van der Waals surface area (Å²) in [6.45, 7) is 4.31. The molecule has 3 aromatic rings. The molecule has 128 valence electrons. The SMILES string of the molecule is CCCn1nc(C(=O)Nc2ccc(-n3cnnn3)c(C)c2)ccc1=O. The van der Waals surface area contributed by atoms with Crippen molar-refractivity contribution in [1.29, 1.82) is 0 Å². The summed E-state index contributed by atoms with van der Waals surface area (Å²) in [7, 11) is 0. The number of hydrogen-bond acceptors (Lipinski definition) is 6. The molecule has 1 N–H and O–H groups in total. The summed E-state index contributed by atoms with van der Waals surface area (Å²) >= 11 is 0. The maximum Gasteiger partial charge on any atom is 0.276 e. The van der Waals surface area contributed by atoms with Crippen molar-refractivity contribution in [2.24, 2.45) is 0 Å². The van der Waals surface area contributed by atoms with Crippen molar-refractivity contribution in [2.45, 2.75) is 26.8 Å². The van der Waals surface area contributed by atoms with Crippen LogP contribution in [0.1, 0.15) is 29.4 Å². The lowest BCUT2D eigenvalue weighted by Crippen LogP contribution is -2.26. The van der Waals surface area contributed by atoms with Crippen LogP contribution in [0.3, 0.4) is 0 Å². The standard InChI is InChI=1S/C16H17N7O2/c1-3-8-22-15(24)7-5-13(19-22)16(25)18-12-4-6-14(11(2)9-12)23-10-17-20-21-23/h4-7,9-10H,3,8H2,1-2H3,(H,18,25). The Bertz CT molecular complexity index is 947. The summed E-state index contributed by atoms with van der Waals surface area (Å²) in [5, 5.41) is 17.9. The second kappa shape index (κ2) is 7.04. The number of aromatic nitrogens is 6. The van der Waals surface area contributed by atoms with Gasteiger partial charge in [0.25, 0.3) is 11.5 Å². The maximum atomic E-state index is 12.4. The van der Waals surface area contributed by atoms with Gasteiger partial charge in [-0.15, -0.1) is 5.10 Å². The first kappa shape index (κ1) is 16.5. The maximum absolute atomic E-state index is 12.4. The van der Waals surface area contributed by atoms with E-state index in [-0.39, 0.29) is 17.2 Å². The van der Waals surface area contributed by atoms with Crippen LogP contribution in [-0.4, -0.2) is 35.9 Å². The fourth-order valence-corrected chi connectivity index (χ4v) is 2.40. The van der Waals surface area contributed by atoms with Crippen molar-refractivity contribution >= 4 is 11.6 Å². The van der Waals surface area contributed by atoms with Crippen molar-refractivity contribution < 1.29 is 4.79 Å². The van der Waals surface area contributed by atoms with E-state index in [1.165, 1.54) is 23.1 Å². The zero-order valence-corrected chi connectivity index (χ0v) is 13.9. The van der Waals surface area contributed by atoms with E-state index in [1.54, 1.807) is 10.7 Å². The first-order valence-corrected chi connectivity index (χ1v) is 7.82. The summed E-state index contributed by atoms with van der Waals surface area (Å²) in [5.74, 6) is -0.376. The second-order valence-electron chi connectivity index (χ2n) is 5.49. The molecule has 0 bridgehead atoms. The highest BCUT2D eigenvalue weighted by molar-refractivity contribution is 6.02. The topological polar surface area (TPSA) is 108 Å². The molecular weight excluding hydrogens is 322 g/mol. The fraction of sp³-hybridized carbons (Fsp3) is 0.250. The van der Waals surface area contributed by atoms with Crippen LogP contribution in [0, 0.1) is 6.92 Å². The molecule has 0 aliphatic carbocycles. The zero-order valence-electron chi connectivity index (χ0n) is 13.9. The van der Waals surface area contributed by atoms with Gasteiger partial charge in [-0.25, -0.2) is 9.36 Å². The van der Waals surface area contributed by atoms with Gasteiger partial charge in [0, 0.05) is 18.3 Å². The van der Waals surface area contributed by atoms with Crippen LogP contribution < -0.4 is 10.9 Å². The number of nitrogens with one attached hydrogen (secondary N) is 1. The van der Waals surface area contributed by atoms with E-state index < -0.39 is 0 Å². The third-order valence-electron chi connectivity index (χ3n) is 3.59. The highest BCUT2D eigenvalue weighted by Gasteiger charge is 2.11. The number of hydrogen-bond donors (Lipinski definition) is 1. The zero-order chi connectivity index (χ0) is 17.8. The Balaban J connectivity index is 1.80. The van der Waals surface area contributed by atoms with Gasteiger partial charge in [-0.3, -0.25) is 9.59 Å². The summed E-state index contributed by atoms with van der Waals surface area (Å²) in [6, 6.07) is 8.16. The van der Waals surface area contributed by atoms with Gasteiger partial charge in [0.1, 0.15) is 12.0 Å². The molecule has 0 fully saturated rings. The van der Waals surface area contributed by atoms with Gasteiger partial charge in [-0.1, -0.05) is 6.92 Å². The fourth-order valence-electron chi connectivity index (χ4n) is 2.40. The number of rotatable bonds is 5. The van der Waals surface area contributed by atoms with Crippen LogP contribution in [0.5, 0.6) is 0 Å². The minimum Gasteiger partial charge on any atom is -0.321 e. The van der Waals surface area contributed by atoms with Gasteiger partial charge in [0.2, 0.25) is 0 Å². The first-order valence-electron chi connectivity index (χ1n) is 7.82. The lowest BCUT2D eigenvalue weighted by molar-refractivity contribution is 0.102. The van der Waals surface area contributed by atoms with Crippen LogP contribution in [0.25, 0.3) is 5.69 Å². The molecule has 9 nitrogen and oxygen atoms in total. The van der Waals surface area contributed by atoms with E-state index >= 15 is 0 Å². The number of carbonyl (C=O) groups excluding carboxylic acids is 1. The molecule has 0 unspecified atom stereocenters. The highest BCUT2D eigenvalue weighted by atomic mass is 16.2. The molecule has 0 atom stereocenters. The van der Waals surface area contributed by atoms with Gasteiger partial charge in [0.05, 0.1) is 5.69 Å². The third kappa shape index (κ3) is 3.60. The van der Waals surface area contributed by atoms with Crippen LogP contribution in [0.15, 0.2) is 41.5 Å². The highest BCUT2D eigenvalue weighted by Crippen LogP contribution is 2.18. The van der Waals surface area contributed by atoms with E-state index in [1.807, 2.05) is 26.0 Å². The Morgan fingerprint density at radius 1 is 1.24 bits per heavy atom. The van der Waals surface area contributed by atoms with E-state index in [0.717, 1.165) is 17.7 Å². The van der Waals surface area contributed by atoms with Crippen molar-refractivity contribution in [2.75, 3.05) is 5.32 Å². The molecule has 9 heteroatoms. The van der Waals surface area contributed by atoms with Gasteiger partial charge >= 0.3 is 0 Å². The number of benzene rings is 1. The van der Waals surface area contributed by atoms with E-state index in [2.05, 4.69) is 25.9 Å². The summed E-state index contributed by atoms with van der Waals surface area (Å²) in [6.07, 6.45) is 2.26. The lowest BCUT2D eigenvalue weighted by Gasteiger charge is -2.10. The number of amides is 1. The summed E-state index contributed by atoms with van der Waals surface area (Å²) < 4.78 is 2.84. The Hall–Kier alpha value is -3.36. The largest absolute Gasteiger partial charge is 0.321 e. The third-order valence-corrected chi connectivity index (χ3v) is 3.59. The Morgan fingerprint density at radius 3 is 2.76 bits per heavy atom. The number of anilines is 1. The monoisotopic (exact) mass is 339 g/mol. The Labute approximate surface area is 143 Å². The van der Waals surface area contributed by atoms with Crippen molar-refractivity contribution in [3.05, 3.63) is 58.3 Å². The van der Waals surface area contributed by atoms with Gasteiger partial charge in [-0.05, 0) is 53.6 Å². The Kier molecular flexibility index (Phi) is 4.64. The molecule has 1 aromatic carbocycles. The first-order chi connectivity index (χ1) is 12.1. The molecule has 0 aliphatic rings. The lowest BCUT2D eigenvalue weighted by atomic mass is 10.1. The molecule has 0 aliphatic heterocycles. The molecule has 0 radical (unpaired) electrons. The predicted octanol–water partition coefficient (Wildman–Crippen LogP) is 1.19. The van der Waals surface area contributed by atoms with Crippen LogP contribution in [0.2, 0.25) is 0 Å². The van der Waals surface area contributed by atoms with Crippen molar-refractivity contribution in [3.63, 3.8) is 0 Å². The number of carbonyl (C=O) groups is 1. The molecule has 0 spiro atoms. The molecule has 3 rings (SSSR count). The molecule has 0 saturated heterocycles. The van der Waals surface area contributed by atoms with Crippen molar-refractivity contribution in [3.8, 4) is 5.69 Å². The molecule has 25 heavy (non-hydrogen) atoms. The molecule has 2 aromatic heterocycles. The molecule has 1 amide bonds. The smallest absolute Gasteiger partial charge is 0.276 e. The van der Waals surface area contributed by atoms with Crippen molar-refractivity contribution in [1.82, 2.24) is 30.0 Å². The van der Waals surface area contributed by atoms with E-state index in [0.29, 0.717) is 12.2 Å². The number of tetrazole rings is 1. The normalized spacial score (nSPS) is 10.6. The van der Waals surface area contributed by atoms with Crippen LogP contribution in [-0.2, 0) is 6.54 Å². The van der Waals surface area contributed by atoms with E-state index in [9.17, 15) is 9.59 Å².